The van der Waals surface area contributed by atoms with Crippen LogP contribution in [0, 0.1) is 5.82 Å². The number of fused-ring (bicyclic) bond motifs is 1. The fourth-order valence-electron chi connectivity index (χ4n) is 2.23. The van der Waals surface area contributed by atoms with Crippen LogP contribution in [-0.2, 0) is 4.79 Å². The highest BCUT2D eigenvalue weighted by molar-refractivity contribution is 6.05. The summed E-state index contributed by atoms with van der Waals surface area (Å²) in [6, 6.07) is 2.27. The molecule has 0 radical (unpaired) electrons. The Morgan fingerprint density at radius 2 is 2.20 bits per heavy atom. The van der Waals surface area contributed by atoms with Crippen LogP contribution < -0.4 is 0 Å². The number of hydrogen-bond donors (Lipinski definition) is 2. The van der Waals surface area contributed by atoms with Gasteiger partial charge in [-0.1, -0.05) is 0 Å². The lowest BCUT2D eigenvalue weighted by atomic mass is 10.1. The van der Waals surface area contributed by atoms with Gasteiger partial charge < -0.3 is 15.0 Å². The fourth-order valence-corrected chi connectivity index (χ4v) is 2.23. The van der Waals surface area contributed by atoms with Gasteiger partial charge in [0.2, 0.25) is 0 Å². The topological polar surface area (TPSA) is 86.3 Å². The third-order valence-corrected chi connectivity index (χ3v) is 3.27. The van der Waals surface area contributed by atoms with Gasteiger partial charge in [-0.3, -0.25) is 9.59 Å². The standard InChI is InChI=1S/C13H12FN3O3/c14-7-3-9(12-10(4-7)15-6-16-12)13(20)17(5-11(18)19)8-1-2-8/h3-4,6,8H,1-2,5H2,(H,15,16)(H,18,19). The van der Waals surface area contributed by atoms with Crippen LogP contribution in [0.4, 0.5) is 4.39 Å². The van der Waals surface area contributed by atoms with E-state index in [1.54, 1.807) is 0 Å². The van der Waals surface area contributed by atoms with Crippen molar-refractivity contribution in [3.05, 3.63) is 29.8 Å². The maximum Gasteiger partial charge on any atom is 0.323 e. The summed E-state index contributed by atoms with van der Waals surface area (Å²) in [5.41, 5.74) is 0.862. The Labute approximate surface area is 113 Å². The number of aliphatic carboxylic acids is 1. The number of carboxylic acid groups (broad SMARTS) is 1. The largest absolute Gasteiger partial charge is 0.480 e. The predicted molar refractivity (Wildman–Crippen MR) is 67.7 cm³/mol. The Balaban J connectivity index is 2.02. The van der Waals surface area contributed by atoms with Crippen LogP contribution >= 0.6 is 0 Å². The molecule has 0 spiro atoms. The van der Waals surface area contributed by atoms with Gasteiger partial charge >= 0.3 is 5.97 Å². The van der Waals surface area contributed by atoms with E-state index in [4.69, 9.17) is 5.11 Å². The first kappa shape index (κ1) is 12.6. The Bertz CT molecular complexity index is 693. The third-order valence-electron chi connectivity index (χ3n) is 3.27. The molecule has 1 aromatic carbocycles. The summed E-state index contributed by atoms with van der Waals surface area (Å²) in [4.78, 5) is 31.4. The highest BCUT2D eigenvalue weighted by Crippen LogP contribution is 2.29. The number of imidazole rings is 1. The molecule has 20 heavy (non-hydrogen) atoms. The van der Waals surface area contributed by atoms with Gasteiger partial charge in [0, 0.05) is 6.04 Å². The summed E-state index contributed by atoms with van der Waals surface area (Å²) in [5, 5.41) is 8.89. The number of amides is 1. The lowest BCUT2D eigenvalue weighted by Gasteiger charge is -2.20. The number of carbonyl (C=O) groups is 2. The van der Waals surface area contributed by atoms with Crippen molar-refractivity contribution in [2.24, 2.45) is 0 Å². The number of aromatic nitrogens is 2. The van der Waals surface area contributed by atoms with E-state index in [2.05, 4.69) is 9.97 Å². The summed E-state index contributed by atoms with van der Waals surface area (Å²) in [5.74, 6) is -2.14. The van der Waals surface area contributed by atoms with Crippen LogP contribution in [0.15, 0.2) is 18.5 Å². The molecule has 0 atom stereocenters. The molecule has 3 rings (SSSR count). The average Bonchev–Trinajstić information content (AvgIpc) is 3.12. The molecule has 1 heterocycles. The molecule has 1 aliphatic rings. The van der Waals surface area contributed by atoms with Gasteiger partial charge in [0.15, 0.2) is 0 Å². The van der Waals surface area contributed by atoms with Crippen LogP contribution in [-0.4, -0.2) is 44.4 Å². The molecule has 1 fully saturated rings. The van der Waals surface area contributed by atoms with E-state index in [1.807, 2.05) is 0 Å². The number of hydrogen-bond acceptors (Lipinski definition) is 3. The molecule has 1 aromatic heterocycles. The Morgan fingerprint density at radius 3 is 2.85 bits per heavy atom. The van der Waals surface area contributed by atoms with Crippen LogP contribution in [0.3, 0.4) is 0 Å². The first-order chi connectivity index (χ1) is 9.56. The minimum Gasteiger partial charge on any atom is -0.480 e. The number of aromatic amines is 1. The third kappa shape index (κ3) is 2.22. The molecule has 1 amide bonds. The van der Waals surface area contributed by atoms with Gasteiger partial charge in [0.05, 0.1) is 17.4 Å². The zero-order valence-electron chi connectivity index (χ0n) is 10.5. The second-order valence-electron chi connectivity index (χ2n) is 4.81. The quantitative estimate of drug-likeness (QED) is 0.884. The Kier molecular flexibility index (Phi) is 2.89. The van der Waals surface area contributed by atoms with Crippen molar-refractivity contribution in [1.29, 1.82) is 0 Å². The highest BCUT2D eigenvalue weighted by atomic mass is 19.1. The van der Waals surface area contributed by atoms with Crippen molar-refractivity contribution < 1.29 is 19.1 Å². The van der Waals surface area contributed by atoms with Gasteiger partial charge in [0.25, 0.3) is 5.91 Å². The van der Waals surface area contributed by atoms with Crippen molar-refractivity contribution >= 4 is 22.9 Å². The normalized spacial score (nSPS) is 14.4. The number of nitrogens with one attached hydrogen (secondary N) is 1. The number of H-pyrrole nitrogens is 1. The number of carboxylic acids is 1. The number of rotatable bonds is 4. The van der Waals surface area contributed by atoms with Gasteiger partial charge in [0.1, 0.15) is 17.9 Å². The van der Waals surface area contributed by atoms with E-state index in [0.717, 1.165) is 18.9 Å². The van der Waals surface area contributed by atoms with Crippen molar-refractivity contribution in [2.75, 3.05) is 6.54 Å². The SMILES string of the molecule is O=C(O)CN(C(=O)c1cc(F)cc2[nH]cnc12)C1CC1. The number of benzene rings is 1. The zero-order chi connectivity index (χ0) is 14.3. The average molecular weight is 277 g/mol. The van der Waals surface area contributed by atoms with E-state index in [0.29, 0.717) is 11.0 Å². The van der Waals surface area contributed by atoms with Crippen LogP contribution in [0.1, 0.15) is 23.2 Å². The van der Waals surface area contributed by atoms with Crippen molar-refractivity contribution in [2.45, 2.75) is 18.9 Å². The molecule has 2 aromatic rings. The first-order valence-electron chi connectivity index (χ1n) is 6.21. The predicted octanol–water partition coefficient (Wildman–Crippen LogP) is 1.39. The second kappa shape index (κ2) is 4.59. The molecular weight excluding hydrogens is 265 g/mol. The minimum atomic E-state index is -1.08. The highest BCUT2D eigenvalue weighted by Gasteiger charge is 2.35. The Hall–Kier alpha value is -2.44. The molecule has 104 valence electrons. The molecule has 0 bridgehead atoms. The molecular formula is C13H12FN3O3. The van der Waals surface area contributed by atoms with Gasteiger partial charge in [-0.25, -0.2) is 9.37 Å². The fraction of sp³-hybridized carbons (Fsp3) is 0.308. The lowest BCUT2D eigenvalue weighted by molar-refractivity contribution is -0.137. The summed E-state index contributed by atoms with van der Waals surface area (Å²) in [6.07, 6.45) is 2.93. The summed E-state index contributed by atoms with van der Waals surface area (Å²) in [7, 11) is 0. The van der Waals surface area contributed by atoms with E-state index < -0.39 is 17.7 Å². The Morgan fingerprint density at radius 1 is 1.45 bits per heavy atom. The van der Waals surface area contributed by atoms with Crippen molar-refractivity contribution in [3.8, 4) is 0 Å². The number of nitrogens with zero attached hydrogens (tertiary/aromatic N) is 2. The van der Waals surface area contributed by atoms with Crippen LogP contribution in [0.5, 0.6) is 0 Å². The van der Waals surface area contributed by atoms with E-state index in [-0.39, 0.29) is 18.2 Å². The number of halogens is 1. The molecule has 0 saturated heterocycles. The molecule has 0 unspecified atom stereocenters. The molecule has 7 heteroatoms. The lowest BCUT2D eigenvalue weighted by Crippen LogP contribution is -2.37. The van der Waals surface area contributed by atoms with Crippen LogP contribution in [0.25, 0.3) is 11.0 Å². The van der Waals surface area contributed by atoms with E-state index in [9.17, 15) is 14.0 Å². The van der Waals surface area contributed by atoms with Gasteiger partial charge in [-0.05, 0) is 25.0 Å². The first-order valence-corrected chi connectivity index (χ1v) is 6.21. The number of carbonyl (C=O) groups excluding carboxylic acids is 1. The summed E-state index contributed by atoms with van der Waals surface area (Å²) >= 11 is 0. The van der Waals surface area contributed by atoms with E-state index in [1.165, 1.54) is 17.3 Å². The summed E-state index contributed by atoms with van der Waals surface area (Å²) < 4.78 is 13.5. The minimum absolute atomic E-state index is 0.0733. The van der Waals surface area contributed by atoms with Gasteiger partial charge in [-0.2, -0.15) is 0 Å². The van der Waals surface area contributed by atoms with Crippen LogP contribution in [0.2, 0.25) is 0 Å². The molecule has 0 aliphatic heterocycles. The zero-order valence-corrected chi connectivity index (χ0v) is 10.5. The van der Waals surface area contributed by atoms with E-state index >= 15 is 0 Å². The maximum atomic E-state index is 13.5. The molecule has 1 aliphatic carbocycles. The molecule has 2 N–H and O–H groups in total. The smallest absolute Gasteiger partial charge is 0.323 e. The summed E-state index contributed by atoms with van der Waals surface area (Å²) in [6.45, 7) is -0.383. The monoisotopic (exact) mass is 277 g/mol. The molecule has 1 saturated carbocycles. The van der Waals surface area contributed by atoms with Crippen molar-refractivity contribution in [3.63, 3.8) is 0 Å². The maximum absolute atomic E-state index is 13.5. The van der Waals surface area contributed by atoms with Crippen molar-refractivity contribution in [1.82, 2.24) is 14.9 Å². The second-order valence-corrected chi connectivity index (χ2v) is 4.81. The van der Waals surface area contributed by atoms with Gasteiger partial charge in [-0.15, -0.1) is 0 Å². The molecule has 6 nitrogen and oxygen atoms in total.